The first-order valence-corrected chi connectivity index (χ1v) is 13.8. The lowest BCUT2D eigenvalue weighted by Gasteiger charge is -2.69. The lowest BCUT2D eigenvalue weighted by Crippen LogP contribution is -2.81. The van der Waals surface area contributed by atoms with Gasteiger partial charge in [0.1, 0.15) is 12.2 Å². The van der Waals surface area contributed by atoms with Gasteiger partial charge in [-0.1, -0.05) is 13.8 Å². The van der Waals surface area contributed by atoms with Gasteiger partial charge in [-0.3, -0.25) is 0 Å². The van der Waals surface area contributed by atoms with Crippen molar-refractivity contribution in [2.75, 3.05) is 13.7 Å². The van der Waals surface area contributed by atoms with Gasteiger partial charge in [0.2, 0.25) is 11.7 Å². The summed E-state index contributed by atoms with van der Waals surface area (Å²) < 4.78 is 22.6. The molecule has 3 aliphatic carbocycles. The van der Waals surface area contributed by atoms with Crippen LogP contribution >= 0.6 is 0 Å². The fourth-order valence-electron chi connectivity index (χ4n) is 8.94. The zero-order valence-electron chi connectivity index (χ0n) is 23.6. The Morgan fingerprint density at radius 3 is 2.35 bits per heavy atom. The van der Waals surface area contributed by atoms with E-state index < -0.39 is 88.4 Å². The maximum Gasteiger partial charge on any atom is 0.348 e. The molecule has 12 nitrogen and oxygen atoms in total. The van der Waals surface area contributed by atoms with Crippen molar-refractivity contribution in [3.8, 4) is 0 Å². The lowest BCUT2D eigenvalue weighted by atomic mass is 9.37. The van der Waals surface area contributed by atoms with Crippen molar-refractivity contribution < 1.29 is 58.9 Å². The first-order chi connectivity index (χ1) is 18.5. The molecule has 2 heterocycles. The molecule has 5 rings (SSSR count). The van der Waals surface area contributed by atoms with E-state index in [1.165, 1.54) is 20.8 Å². The molecule has 2 saturated heterocycles. The Bertz CT molecular complexity index is 1130. The molecule has 5 fully saturated rings. The molecule has 12 heteroatoms. The van der Waals surface area contributed by atoms with Crippen LogP contribution in [-0.2, 0) is 33.3 Å². The Hall–Kier alpha value is -2.09. The van der Waals surface area contributed by atoms with Crippen LogP contribution in [0.3, 0.4) is 0 Å². The van der Waals surface area contributed by atoms with E-state index >= 15 is 0 Å². The third-order valence-electron chi connectivity index (χ3n) is 11.0. The molecule has 0 aromatic carbocycles. The van der Waals surface area contributed by atoms with Gasteiger partial charge in [-0.2, -0.15) is 0 Å². The molecular formula is C28H40O12. The predicted octanol–water partition coefficient (Wildman–Crippen LogP) is -0.775. The van der Waals surface area contributed by atoms with Gasteiger partial charge in [0, 0.05) is 22.8 Å². The van der Waals surface area contributed by atoms with E-state index in [2.05, 4.69) is 0 Å². The predicted molar refractivity (Wildman–Crippen MR) is 134 cm³/mol. The molecule has 0 amide bonds. The lowest BCUT2D eigenvalue weighted by molar-refractivity contribution is -0.317. The minimum absolute atomic E-state index is 0.137. The largest absolute Gasteiger partial charge is 0.467 e. The van der Waals surface area contributed by atoms with Crippen LogP contribution in [0.25, 0.3) is 0 Å². The second kappa shape index (κ2) is 9.20. The summed E-state index contributed by atoms with van der Waals surface area (Å²) in [7, 11) is 1.08. The van der Waals surface area contributed by atoms with Crippen LogP contribution in [0.4, 0.5) is 0 Å². The highest BCUT2D eigenvalue weighted by Crippen LogP contribution is 2.73. The molecule has 13 atom stereocenters. The average Bonchev–Trinajstić information content (AvgIpc) is 3.17. The van der Waals surface area contributed by atoms with Gasteiger partial charge in [0.05, 0.1) is 43.5 Å². The summed E-state index contributed by atoms with van der Waals surface area (Å²) in [5.74, 6) is -5.83. The van der Waals surface area contributed by atoms with Crippen LogP contribution < -0.4 is 0 Å². The van der Waals surface area contributed by atoms with Crippen molar-refractivity contribution in [1.29, 1.82) is 0 Å². The maximum absolute atomic E-state index is 13.6. The number of carbonyl (C=O) groups excluding carboxylic acids is 3. The van der Waals surface area contributed by atoms with Crippen LogP contribution in [-0.4, -0.2) is 105 Å². The number of aliphatic hydroxyl groups excluding tert-OH is 4. The number of aliphatic hydroxyl groups is 5. The standard InChI is InChI=1S/C28H40O12/c1-11-7-14(29)21(32)26(5)13(11)9-15-27-10-38-28(24(35)37-6,22(33)17(31)19(26)27)20(27)18(23(34)39-15)40-16(30)8-12(2)25(3,4)36/h8,11,13-15,17-22,29,31-33,36H,7,9-10H2,1-6H3/b12-8+/t11-,13+,14+,15+,17-,18-,19-,20+,21-,22+,26+,27-,28+/m1/s1. The quantitative estimate of drug-likeness (QED) is 0.162. The van der Waals surface area contributed by atoms with Crippen molar-refractivity contribution in [3.63, 3.8) is 0 Å². The highest BCUT2D eigenvalue weighted by Gasteiger charge is 2.85. The molecule has 0 aromatic heterocycles. The van der Waals surface area contributed by atoms with Crippen LogP contribution in [0.2, 0.25) is 0 Å². The van der Waals surface area contributed by atoms with Gasteiger partial charge in [0.15, 0.2) is 0 Å². The minimum Gasteiger partial charge on any atom is -0.467 e. The van der Waals surface area contributed by atoms with E-state index in [1.807, 2.05) is 6.92 Å². The monoisotopic (exact) mass is 568 g/mol. The first-order valence-electron chi connectivity index (χ1n) is 13.8. The van der Waals surface area contributed by atoms with Crippen molar-refractivity contribution in [2.45, 2.75) is 95.3 Å². The van der Waals surface area contributed by atoms with E-state index in [4.69, 9.17) is 18.9 Å². The van der Waals surface area contributed by atoms with Crippen molar-refractivity contribution in [1.82, 2.24) is 0 Å². The van der Waals surface area contributed by atoms with E-state index in [-0.39, 0.29) is 30.4 Å². The summed E-state index contributed by atoms with van der Waals surface area (Å²) in [5.41, 5.74) is -5.97. The molecule has 1 spiro atoms. The number of fused-ring (bicyclic) bond motifs is 2. The molecule has 2 bridgehead atoms. The number of methoxy groups -OCH3 is 1. The Labute approximate surface area is 232 Å². The first kappa shape index (κ1) is 29.4. The third-order valence-corrected chi connectivity index (χ3v) is 11.0. The highest BCUT2D eigenvalue weighted by molar-refractivity contribution is 5.89. The second-order valence-corrected chi connectivity index (χ2v) is 13.2. The molecule has 5 aliphatic rings. The number of ether oxygens (including phenoxy) is 4. The SMILES string of the molecule is COC(=O)[C@@]12OC[C@@]34[C@H](C[C@H]5[C@H](C)C[C@H](O)[C@@H](O)[C@]5(C)[C@H]3[C@@H](O)[C@@H]1O)OC(=O)[C@H](OC(=O)/C=C(\C)C(C)(C)O)[C@H]24. The fourth-order valence-corrected chi connectivity index (χ4v) is 8.94. The Morgan fingerprint density at radius 2 is 1.75 bits per heavy atom. The Kier molecular flexibility index (Phi) is 6.77. The third kappa shape index (κ3) is 3.56. The Morgan fingerprint density at radius 1 is 1.10 bits per heavy atom. The van der Waals surface area contributed by atoms with Crippen molar-refractivity contribution in [3.05, 3.63) is 11.6 Å². The molecule has 5 N–H and O–H groups in total. The smallest absolute Gasteiger partial charge is 0.348 e. The normalized spacial score (nSPS) is 49.9. The van der Waals surface area contributed by atoms with E-state index in [0.717, 1.165) is 13.2 Å². The summed E-state index contributed by atoms with van der Waals surface area (Å²) in [4.78, 5) is 40.0. The maximum atomic E-state index is 13.6. The zero-order chi connectivity index (χ0) is 29.7. The summed E-state index contributed by atoms with van der Waals surface area (Å²) in [6, 6.07) is 0. The molecule has 2 aliphatic heterocycles. The van der Waals surface area contributed by atoms with Gasteiger partial charge >= 0.3 is 17.9 Å². The van der Waals surface area contributed by atoms with Crippen LogP contribution in [0.15, 0.2) is 11.6 Å². The van der Waals surface area contributed by atoms with Gasteiger partial charge in [0.25, 0.3) is 0 Å². The topological polar surface area (TPSA) is 189 Å². The second-order valence-electron chi connectivity index (χ2n) is 13.2. The van der Waals surface area contributed by atoms with Crippen LogP contribution in [0.5, 0.6) is 0 Å². The van der Waals surface area contributed by atoms with E-state index in [9.17, 15) is 39.9 Å². The number of esters is 3. The molecule has 0 radical (unpaired) electrons. The van der Waals surface area contributed by atoms with Crippen molar-refractivity contribution >= 4 is 17.9 Å². The van der Waals surface area contributed by atoms with Crippen LogP contribution in [0.1, 0.15) is 47.5 Å². The number of hydrogen-bond donors (Lipinski definition) is 5. The van der Waals surface area contributed by atoms with Gasteiger partial charge in [-0.25, -0.2) is 14.4 Å². The molecule has 0 unspecified atom stereocenters. The molecular weight excluding hydrogens is 528 g/mol. The average molecular weight is 569 g/mol. The minimum atomic E-state index is -2.28. The molecule has 224 valence electrons. The molecule has 3 saturated carbocycles. The number of carbonyl (C=O) groups is 3. The summed E-state index contributed by atoms with van der Waals surface area (Å²) in [5, 5.41) is 55.9. The van der Waals surface area contributed by atoms with Crippen LogP contribution in [0, 0.1) is 34.5 Å². The van der Waals surface area contributed by atoms with E-state index in [1.54, 1.807) is 6.92 Å². The number of rotatable bonds is 4. The molecule has 0 aromatic rings. The highest BCUT2D eigenvalue weighted by atomic mass is 16.6. The fraction of sp³-hybridized carbons (Fsp3) is 0.821. The van der Waals surface area contributed by atoms with Gasteiger partial charge in [-0.15, -0.1) is 0 Å². The number of hydrogen-bond acceptors (Lipinski definition) is 12. The van der Waals surface area contributed by atoms with Gasteiger partial charge < -0.3 is 44.5 Å². The summed E-state index contributed by atoms with van der Waals surface area (Å²) in [6.07, 6.45) is -7.09. The summed E-state index contributed by atoms with van der Waals surface area (Å²) in [6.45, 7) is 7.83. The van der Waals surface area contributed by atoms with Gasteiger partial charge in [-0.05, 0) is 51.0 Å². The zero-order valence-corrected chi connectivity index (χ0v) is 23.6. The van der Waals surface area contributed by atoms with E-state index in [0.29, 0.717) is 6.42 Å². The Balaban J connectivity index is 1.69. The summed E-state index contributed by atoms with van der Waals surface area (Å²) >= 11 is 0. The molecule has 40 heavy (non-hydrogen) atoms. The van der Waals surface area contributed by atoms with Crippen molar-refractivity contribution in [2.24, 2.45) is 34.5 Å².